The molecular weight excluding hydrogens is 665 g/mol. The molecule has 0 saturated heterocycles. The Bertz CT molecular complexity index is 2980. The highest BCUT2D eigenvalue weighted by molar-refractivity contribution is 6.14. The zero-order chi connectivity index (χ0) is 36.3. The van der Waals surface area contributed by atoms with Crippen molar-refractivity contribution in [2.75, 3.05) is 4.90 Å². The summed E-state index contributed by atoms with van der Waals surface area (Å²) in [4.78, 5) is 2.42. The molecule has 1 aromatic heterocycles. The molecule has 55 heavy (non-hydrogen) atoms. The lowest BCUT2D eigenvalue weighted by Crippen LogP contribution is -2.28. The monoisotopic (exact) mass is 700 g/mol. The van der Waals surface area contributed by atoms with Gasteiger partial charge in [-0.15, -0.1) is 0 Å². The summed E-state index contributed by atoms with van der Waals surface area (Å²) in [5, 5.41) is 4.92. The number of anilines is 3. The van der Waals surface area contributed by atoms with Gasteiger partial charge in [0.15, 0.2) is 0 Å². The number of hydrogen-bond donors (Lipinski definition) is 0. The molecule has 1 aliphatic rings. The molecule has 258 valence electrons. The predicted octanol–water partition coefficient (Wildman–Crippen LogP) is 13.8. The van der Waals surface area contributed by atoms with Gasteiger partial charge in [0.2, 0.25) is 0 Å². The fourth-order valence-electron chi connectivity index (χ4n) is 9.34. The van der Waals surface area contributed by atoms with Crippen LogP contribution in [-0.2, 0) is 5.41 Å². The molecule has 0 spiro atoms. The van der Waals surface area contributed by atoms with E-state index in [1.807, 2.05) is 0 Å². The van der Waals surface area contributed by atoms with Crippen molar-refractivity contribution < 1.29 is 0 Å². The third-order valence-corrected chi connectivity index (χ3v) is 11.6. The van der Waals surface area contributed by atoms with E-state index in [4.69, 9.17) is 0 Å². The van der Waals surface area contributed by atoms with Crippen molar-refractivity contribution in [3.8, 4) is 16.8 Å². The van der Waals surface area contributed by atoms with Crippen molar-refractivity contribution in [2.45, 2.75) is 5.41 Å². The first kappa shape index (κ1) is 31.4. The topological polar surface area (TPSA) is 8.17 Å². The molecule has 0 bridgehead atoms. The number of para-hydroxylation sites is 3. The fourth-order valence-corrected chi connectivity index (χ4v) is 9.34. The molecule has 0 N–H and O–H groups in total. The second-order valence-corrected chi connectivity index (χ2v) is 14.5. The number of aromatic nitrogens is 1. The highest BCUT2D eigenvalue weighted by atomic mass is 15.2. The Kier molecular flexibility index (Phi) is 7.11. The lowest BCUT2D eigenvalue weighted by atomic mass is 9.68. The van der Waals surface area contributed by atoms with Crippen LogP contribution in [0.1, 0.15) is 22.3 Å². The van der Waals surface area contributed by atoms with E-state index < -0.39 is 5.41 Å². The smallest absolute Gasteiger partial charge is 0.0782 e. The SMILES string of the molecule is c1ccc(N(c2ccc(C3(c4ccccc4)c4ccccc4-c4ccccc43)cc2)c2cccc3c4ccccc4n(-c4ccc5ccccc5c4)c23)cc1. The Hall–Kier alpha value is -7.16. The number of rotatable bonds is 6. The van der Waals surface area contributed by atoms with Gasteiger partial charge in [0.25, 0.3) is 0 Å². The van der Waals surface area contributed by atoms with Crippen LogP contribution < -0.4 is 4.90 Å². The van der Waals surface area contributed by atoms with Crippen LogP contribution in [-0.4, -0.2) is 4.57 Å². The molecule has 0 fully saturated rings. The van der Waals surface area contributed by atoms with E-state index in [1.54, 1.807) is 0 Å². The second kappa shape index (κ2) is 12.5. The van der Waals surface area contributed by atoms with E-state index in [-0.39, 0.29) is 0 Å². The third-order valence-electron chi connectivity index (χ3n) is 11.6. The molecule has 11 rings (SSSR count). The zero-order valence-electron chi connectivity index (χ0n) is 30.2. The molecule has 2 heteroatoms. The van der Waals surface area contributed by atoms with Gasteiger partial charge in [-0.1, -0.05) is 170 Å². The molecule has 10 aromatic rings. The van der Waals surface area contributed by atoms with E-state index in [0.717, 1.165) is 22.7 Å². The molecule has 0 amide bonds. The van der Waals surface area contributed by atoms with Gasteiger partial charge in [-0.3, -0.25) is 0 Å². The molecule has 0 saturated carbocycles. The fraction of sp³-hybridized carbons (Fsp3) is 0.0189. The van der Waals surface area contributed by atoms with E-state index in [9.17, 15) is 0 Å². The Morgan fingerprint density at radius 2 is 0.945 bits per heavy atom. The first-order valence-corrected chi connectivity index (χ1v) is 19.0. The summed E-state index contributed by atoms with van der Waals surface area (Å²) in [7, 11) is 0. The highest BCUT2D eigenvalue weighted by Crippen LogP contribution is 2.56. The average molecular weight is 701 g/mol. The van der Waals surface area contributed by atoms with Gasteiger partial charge in [-0.25, -0.2) is 0 Å². The maximum Gasteiger partial charge on any atom is 0.0782 e. The summed E-state index contributed by atoms with van der Waals surface area (Å²) in [5.74, 6) is 0. The van der Waals surface area contributed by atoms with Gasteiger partial charge < -0.3 is 9.47 Å². The first-order chi connectivity index (χ1) is 27.3. The van der Waals surface area contributed by atoms with Crippen molar-refractivity contribution in [2.24, 2.45) is 0 Å². The lowest BCUT2D eigenvalue weighted by Gasteiger charge is -2.34. The summed E-state index contributed by atoms with van der Waals surface area (Å²) >= 11 is 0. The number of benzene rings is 9. The number of hydrogen-bond acceptors (Lipinski definition) is 1. The van der Waals surface area contributed by atoms with Crippen LogP contribution in [0.25, 0.3) is 49.4 Å². The van der Waals surface area contributed by atoms with Crippen LogP contribution in [0.3, 0.4) is 0 Å². The van der Waals surface area contributed by atoms with Gasteiger partial charge in [0, 0.05) is 27.8 Å². The van der Waals surface area contributed by atoms with Crippen molar-refractivity contribution in [3.05, 3.63) is 241 Å². The Balaban J connectivity index is 1.15. The molecule has 0 radical (unpaired) electrons. The number of fused-ring (bicyclic) bond motifs is 7. The molecule has 0 unspecified atom stereocenters. The van der Waals surface area contributed by atoms with Gasteiger partial charge >= 0.3 is 0 Å². The van der Waals surface area contributed by atoms with E-state index >= 15 is 0 Å². The Morgan fingerprint density at radius 3 is 1.69 bits per heavy atom. The van der Waals surface area contributed by atoms with Gasteiger partial charge in [-0.2, -0.15) is 0 Å². The molecule has 0 aliphatic heterocycles. The van der Waals surface area contributed by atoms with Crippen molar-refractivity contribution >= 4 is 49.6 Å². The van der Waals surface area contributed by atoms with Crippen molar-refractivity contribution in [1.29, 1.82) is 0 Å². The van der Waals surface area contributed by atoms with Crippen LogP contribution in [0, 0.1) is 0 Å². The molecule has 2 nitrogen and oxygen atoms in total. The standard InChI is InChI=1S/C53H36N2/c1-3-18-39(19-4-1)53(48-26-12-9-22-44(48)45-23-10-13-27-49(45)53)40-31-34-42(35-32-40)54(41-20-5-2-6-21-41)51-29-15-25-47-46-24-11-14-28-50(46)55(52(47)51)43-33-30-37-16-7-8-17-38(37)36-43/h1-36H. The van der Waals surface area contributed by atoms with E-state index in [0.29, 0.717) is 0 Å². The quantitative estimate of drug-likeness (QED) is 0.168. The summed E-state index contributed by atoms with van der Waals surface area (Å²) < 4.78 is 2.45. The van der Waals surface area contributed by atoms with E-state index in [2.05, 4.69) is 228 Å². The molecule has 1 aliphatic carbocycles. The molecule has 9 aromatic carbocycles. The minimum atomic E-state index is -0.451. The minimum Gasteiger partial charge on any atom is -0.308 e. The Labute approximate surface area is 320 Å². The summed E-state index contributed by atoms with van der Waals surface area (Å²) in [6.45, 7) is 0. The first-order valence-electron chi connectivity index (χ1n) is 19.0. The largest absolute Gasteiger partial charge is 0.308 e. The zero-order valence-corrected chi connectivity index (χ0v) is 30.2. The second-order valence-electron chi connectivity index (χ2n) is 14.5. The van der Waals surface area contributed by atoms with Gasteiger partial charge in [0.05, 0.1) is 22.1 Å². The summed E-state index contributed by atoms with van der Waals surface area (Å²) in [6, 6.07) is 80.0. The third kappa shape index (κ3) is 4.68. The van der Waals surface area contributed by atoms with Crippen LogP contribution in [0.2, 0.25) is 0 Å². The normalized spacial score (nSPS) is 12.9. The predicted molar refractivity (Wildman–Crippen MR) is 230 cm³/mol. The van der Waals surface area contributed by atoms with Gasteiger partial charge in [-0.05, 0) is 92.7 Å². The summed E-state index contributed by atoms with van der Waals surface area (Å²) in [5.41, 5.74) is 14.1. The summed E-state index contributed by atoms with van der Waals surface area (Å²) in [6.07, 6.45) is 0. The van der Waals surface area contributed by atoms with Crippen molar-refractivity contribution in [1.82, 2.24) is 4.57 Å². The van der Waals surface area contributed by atoms with Gasteiger partial charge in [0.1, 0.15) is 0 Å². The Morgan fingerprint density at radius 1 is 0.382 bits per heavy atom. The van der Waals surface area contributed by atoms with Crippen molar-refractivity contribution in [3.63, 3.8) is 0 Å². The molecule has 0 atom stereocenters. The van der Waals surface area contributed by atoms with Crippen LogP contribution in [0.5, 0.6) is 0 Å². The van der Waals surface area contributed by atoms with Crippen LogP contribution in [0.4, 0.5) is 17.1 Å². The maximum atomic E-state index is 2.45. The highest BCUT2D eigenvalue weighted by Gasteiger charge is 2.45. The molecular formula is C53H36N2. The number of nitrogens with zero attached hydrogens (tertiary/aromatic N) is 2. The maximum absolute atomic E-state index is 2.45. The van der Waals surface area contributed by atoms with Crippen LogP contribution in [0.15, 0.2) is 218 Å². The van der Waals surface area contributed by atoms with Crippen LogP contribution >= 0.6 is 0 Å². The van der Waals surface area contributed by atoms with E-state index in [1.165, 1.54) is 66.0 Å². The average Bonchev–Trinajstić information content (AvgIpc) is 3.76. The molecule has 1 heterocycles. The lowest BCUT2D eigenvalue weighted by molar-refractivity contribution is 0.768. The minimum absolute atomic E-state index is 0.451.